The molecule has 30 heavy (non-hydrogen) atoms. The highest BCUT2D eigenvalue weighted by Crippen LogP contribution is 2.38. The summed E-state index contributed by atoms with van der Waals surface area (Å²) >= 11 is 0. The normalized spacial score (nSPS) is 14.1. The number of Topliss-reactive ketones (excluding diaryl/α,β-unsaturated/α-hetero) is 1. The Morgan fingerprint density at radius 3 is 2.13 bits per heavy atom. The van der Waals surface area contributed by atoms with Gasteiger partial charge in [-0.25, -0.2) is 4.99 Å². The molecule has 0 bridgehead atoms. The van der Waals surface area contributed by atoms with E-state index in [4.69, 9.17) is 4.55 Å². The Hall–Kier alpha value is -3.46. The SMILES string of the molecule is O=Nn1c(C2=Nc3ccc(S(=O)(=O)O)cc3C2=O)c(O)c2cc(S(=O)(=O)O)ccc21. The van der Waals surface area contributed by atoms with Gasteiger partial charge in [-0.15, -0.1) is 4.91 Å². The smallest absolute Gasteiger partial charge is 0.294 e. The monoisotopic (exact) mass is 451 g/mol. The Balaban J connectivity index is 1.95. The van der Waals surface area contributed by atoms with Gasteiger partial charge in [0.25, 0.3) is 20.2 Å². The van der Waals surface area contributed by atoms with Crippen LogP contribution in [0.4, 0.5) is 5.69 Å². The van der Waals surface area contributed by atoms with Crippen molar-refractivity contribution in [3.63, 3.8) is 0 Å². The van der Waals surface area contributed by atoms with E-state index in [1.54, 1.807) is 0 Å². The molecule has 14 heteroatoms. The van der Waals surface area contributed by atoms with E-state index in [1.165, 1.54) is 0 Å². The third-order valence-electron chi connectivity index (χ3n) is 4.45. The van der Waals surface area contributed by atoms with Crippen LogP contribution in [0.15, 0.2) is 56.5 Å². The summed E-state index contributed by atoms with van der Waals surface area (Å²) in [6.45, 7) is 0. The van der Waals surface area contributed by atoms with Crippen molar-refractivity contribution in [1.82, 2.24) is 4.68 Å². The number of aliphatic imine (C=N–C) groups is 1. The van der Waals surface area contributed by atoms with Gasteiger partial charge in [-0.1, -0.05) is 0 Å². The van der Waals surface area contributed by atoms with Gasteiger partial charge in [0.2, 0.25) is 5.78 Å². The van der Waals surface area contributed by atoms with Crippen molar-refractivity contribution < 1.29 is 35.8 Å². The second-order valence-electron chi connectivity index (χ2n) is 6.19. The van der Waals surface area contributed by atoms with Crippen LogP contribution in [0.1, 0.15) is 16.1 Å². The van der Waals surface area contributed by atoms with Gasteiger partial charge in [0.05, 0.1) is 31.8 Å². The van der Waals surface area contributed by atoms with E-state index >= 15 is 0 Å². The molecule has 0 atom stereocenters. The predicted octanol–water partition coefficient (Wildman–Crippen LogP) is 1.69. The van der Waals surface area contributed by atoms with Gasteiger partial charge in [0.1, 0.15) is 11.4 Å². The summed E-state index contributed by atoms with van der Waals surface area (Å²) in [7, 11) is -9.22. The predicted molar refractivity (Wildman–Crippen MR) is 101 cm³/mol. The molecule has 12 nitrogen and oxygen atoms in total. The lowest BCUT2D eigenvalue weighted by Crippen LogP contribution is -2.15. The van der Waals surface area contributed by atoms with Gasteiger partial charge in [0.15, 0.2) is 5.75 Å². The highest BCUT2D eigenvalue weighted by Gasteiger charge is 2.34. The van der Waals surface area contributed by atoms with Gasteiger partial charge in [-0.3, -0.25) is 13.9 Å². The van der Waals surface area contributed by atoms with E-state index in [2.05, 4.69) is 10.3 Å². The Kier molecular flexibility index (Phi) is 4.14. The van der Waals surface area contributed by atoms with E-state index in [9.17, 15) is 36.2 Å². The number of benzene rings is 2. The van der Waals surface area contributed by atoms with Crippen molar-refractivity contribution >= 4 is 48.3 Å². The lowest BCUT2D eigenvalue weighted by Gasteiger charge is -2.01. The van der Waals surface area contributed by atoms with Crippen molar-refractivity contribution in [2.75, 3.05) is 0 Å². The number of nitroso groups, excluding NO2 is 1. The zero-order valence-electron chi connectivity index (χ0n) is 14.4. The minimum absolute atomic E-state index is 0.0168. The summed E-state index contributed by atoms with van der Waals surface area (Å²) in [6.07, 6.45) is 0. The zero-order valence-corrected chi connectivity index (χ0v) is 16.0. The van der Waals surface area contributed by atoms with Crippen molar-refractivity contribution in [1.29, 1.82) is 0 Å². The number of nitrogens with zero attached hydrogens (tertiary/aromatic N) is 3. The fraction of sp³-hybridized carbons (Fsp3) is 0. The fourth-order valence-electron chi connectivity index (χ4n) is 3.11. The molecular formula is C16H9N3O9S2. The molecule has 0 radical (unpaired) electrons. The van der Waals surface area contributed by atoms with Gasteiger partial charge in [-0.2, -0.15) is 21.5 Å². The number of carbonyl (C=O) groups is 1. The van der Waals surface area contributed by atoms with Crippen LogP contribution in [0.25, 0.3) is 10.9 Å². The molecule has 1 aliphatic heterocycles. The Bertz CT molecular complexity index is 1530. The van der Waals surface area contributed by atoms with Crippen LogP contribution in [0, 0.1) is 4.91 Å². The maximum absolute atomic E-state index is 12.8. The molecule has 4 rings (SSSR count). The highest BCUT2D eigenvalue weighted by atomic mass is 32.2. The van der Waals surface area contributed by atoms with Crippen molar-refractivity contribution in [3.05, 3.63) is 52.6 Å². The summed E-state index contributed by atoms with van der Waals surface area (Å²) in [5.41, 5.74) is -1.18. The first kappa shape index (κ1) is 19.8. The highest BCUT2D eigenvalue weighted by molar-refractivity contribution is 7.86. The molecule has 0 saturated carbocycles. The number of ketones is 1. The standard InChI is InChI=1S/C16H9N3O9S2/c20-15-9-5-7(29(23,24)25)1-3-11(9)17-13(15)14-16(21)10-6-8(30(26,27)28)2-4-12(10)19(14)18-22/h1-6,21H,(H,23,24,25)(H,26,27,28). The van der Waals surface area contributed by atoms with E-state index in [-0.39, 0.29) is 22.2 Å². The average molecular weight is 451 g/mol. The molecule has 3 aromatic rings. The topological polar surface area (TPSA) is 193 Å². The second-order valence-corrected chi connectivity index (χ2v) is 9.03. The third-order valence-corrected chi connectivity index (χ3v) is 6.15. The summed E-state index contributed by atoms with van der Waals surface area (Å²) in [5.74, 6) is -1.57. The van der Waals surface area contributed by atoms with E-state index in [0.717, 1.165) is 36.4 Å². The molecule has 2 aromatic carbocycles. The van der Waals surface area contributed by atoms with E-state index in [0.29, 0.717) is 4.68 Å². The molecule has 0 amide bonds. The molecule has 1 aliphatic rings. The quantitative estimate of drug-likeness (QED) is 0.391. The van der Waals surface area contributed by atoms with Crippen LogP contribution in [0.3, 0.4) is 0 Å². The number of hydrogen-bond donors (Lipinski definition) is 3. The maximum atomic E-state index is 12.8. The molecule has 0 spiro atoms. The van der Waals surface area contributed by atoms with Crippen molar-refractivity contribution in [2.24, 2.45) is 10.3 Å². The Morgan fingerprint density at radius 1 is 0.933 bits per heavy atom. The summed E-state index contributed by atoms with van der Waals surface area (Å²) in [5, 5.41) is 13.1. The Morgan fingerprint density at radius 2 is 1.53 bits per heavy atom. The first-order valence-corrected chi connectivity index (χ1v) is 10.8. The number of hydrogen-bond acceptors (Lipinski definition) is 9. The first-order valence-electron chi connectivity index (χ1n) is 7.87. The van der Waals surface area contributed by atoms with E-state index in [1.807, 2.05) is 0 Å². The van der Waals surface area contributed by atoms with Crippen LogP contribution in [-0.2, 0) is 20.2 Å². The molecule has 1 aromatic heterocycles. The van der Waals surface area contributed by atoms with Gasteiger partial charge < -0.3 is 5.11 Å². The molecule has 0 fully saturated rings. The van der Waals surface area contributed by atoms with Gasteiger partial charge in [0, 0.05) is 5.39 Å². The van der Waals surface area contributed by atoms with Crippen LogP contribution in [0.5, 0.6) is 5.75 Å². The number of carbonyl (C=O) groups excluding carboxylic acids is 1. The maximum Gasteiger partial charge on any atom is 0.294 e. The first-order chi connectivity index (χ1) is 13.9. The van der Waals surface area contributed by atoms with Crippen molar-refractivity contribution in [3.8, 4) is 5.75 Å². The number of fused-ring (bicyclic) bond motifs is 2. The summed E-state index contributed by atoms with van der Waals surface area (Å²) in [4.78, 5) is 27.1. The number of aromatic nitrogens is 1. The van der Waals surface area contributed by atoms with Gasteiger partial charge >= 0.3 is 0 Å². The summed E-state index contributed by atoms with van der Waals surface area (Å²) < 4.78 is 64.3. The summed E-state index contributed by atoms with van der Waals surface area (Å²) in [6, 6.07) is 5.99. The van der Waals surface area contributed by atoms with E-state index < -0.39 is 53.0 Å². The fourth-order valence-corrected chi connectivity index (χ4v) is 4.12. The van der Waals surface area contributed by atoms with Crippen LogP contribution < -0.4 is 0 Å². The zero-order chi connectivity index (χ0) is 22.0. The number of aromatic hydroxyl groups is 1. The van der Waals surface area contributed by atoms with Crippen LogP contribution in [0.2, 0.25) is 0 Å². The minimum Gasteiger partial charge on any atom is -0.505 e. The average Bonchev–Trinajstić information content (AvgIpc) is 3.13. The molecule has 0 aliphatic carbocycles. The largest absolute Gasteiger partial charge is 0.505 e. The molecular weight excluding hydrogens is 442 g/mol. The lowest BCUT2D eigenvalue weighted by atomic mass is 10.1. The molecule has 0 saturated heterocycles. The molecule has 2 heterocycles. The molecule has 3 N–H and O–H groups in total. The van der Waals surface area contributed by atoms with Gasteiger partial charge in [-0.05, 0) is 36.4 Å². The molecule has 154 valence electrons. The van der Waals surface area contributed by atoms with Crippen molar-refractivity contribution in [2.45, 2.75) is 9.79 Å². The van der Waals surface area contributed by atoms with Crippen LogP contribution in [-0.4, -0.2) is 47.2 Å². The Labute approximate surface area is 167 Å². The second kappa shape index (κ2) is 6.27. The lowest BCUT2D eigenvalue weighted by molar-refractivity contribution is 0.106. The number of rotatable bonds is 4. The van der Waals surface area contributed by atoms with Crippen LogP contribution >= 0.6 is 0 Å². The minimum atomic E-state index is -4.62. The third kappa shape index (κ3) is 2.89. The molecule has 0 unspecified atom stereocenters.